The first-order valence-corrected chi connectivity index (χ1v) is 12.2. The van der Waals surface area contributed by atoms with Gasteiger partial charge in [0.05, 0.1) is 16.3 Å². The van der Waals surface area contributed by atoms with E-state index in [9.17, 15) is 16.8 Å². The quantitative estimate of drug-likeness (QED) is 0.738. The molecule has 0 atom stereocenters. The van der Waals surface area contributed by atoms with Gasteiger partial charge in [0.2, 0.25) is 10.0 Å². The minimum Gasteiger partial charge on any atom is -0.281 e. The van der Waals surface area contributed by atoms with Crippen LogP contribution >= 0.6 is 0 Å². The molecule has 0 aliphatic heterocycles. The first-order chi connectivity index (χ1) is 13.1. The second kappa shape index (κ2) is 7.84. The number of hydrogen-bond donors (Lipinski definition) is 2. The zero-order valence-electron chi connectivity index (χ0n) is 16.3. The van der Waals surface area contributed by atoms with Gasteiger partial charge in [0.15, 0.2) is 0 Å². The van der Waals surface area contributed by atoms with Gasteiger partial charge in [-0.25, -0.2) is 16.8 Å². The minimum atomic E-state index is -3.82. The molecule has 0 bridgehead atoms. The predicted octanol–water partition coefficient (Wildman–Crippen LogP) is 2.78. The normalized spacial score (nSPS) is 16.4. The Hall–Kier alpha value is -1.91. The number of aromatic nitrogens is 2. The molecular weight excluding hydrogens is 400 g/mol. The smallest absolute Gasteiger partial charge is 0.265 e. The van der Waals surface area contributed by atoms with Crippen LogP contribution in [-0.4, -0.2) is 44.4 Å². The van der Waals surface area contributed by atoms with Gasteiger partial charge in [-0.2, -0.15) is 9.40 Å². The topological polar surface area (TPSA) is 112 Å². The van der Waals surface area contributed by atoms with Gasteiger partial charge in [0.1, 0.15) is 4.90 Å². The zero-order chi connectivity index (χ0) is 20.5. The van der Waals surface area contributed by atoms with Crippen LogP contribution < -0.4 is 4.72 Å². The van der Waals surface area contributed by atoms with Gasteiger partial charge in [-0.3, -0.25) is 9.82 Å². The maximum absolute atomic E-state index is 12.9. The molecule has 2 N–H and O–H groups in total. The Morgan fingerprint density at radius 1 is 1.04 bits per heavy atom. The third-order valence-electron chi connectivity index (χ3n) is 5.20. The van der Waals surface area contributed by atoms with E-state index < -0.39 is 20.0 Å². The van der Waals surface area contributed by atoms with Crippen LogP contribution in [0.25, 0.3) is 0 Å². The molecule has 0 radical (unpaired) electrons. The molecular formula is C18H26N4O4S2. The summed E-state index contributed by atoms with van der Waals surface area (Å²) < 4.78 is 54.9. The predicted molar refractivity (Wildman–Crippen MR) is 107 cm³/mol. The number of aryl methyl sites for hydroxylation is 2. The van der Waals surface area contributed by atoms with Gasteiger partial charge in [-0.05, 0) is 51.0 Å². The molecule has 2 aromatic rings. The number of nitrogens with one attached hydrogen (secondary N) is 2. The van der Waals surface area contributed by atoms with Crippen molar-refractivity contribution < 1.29 is 16.8 Å². The second-order valence-corrected chi connectivity index (χ2v) is 10.8. The van der Waals surface area contributed by atoms with Crippen LogP contribution in [0.3, 0.4) is 0 Å². The molecule has 154 valence electrons. The monoisotopic (exact) mass is 426 g/mol. The first kappa shape index (κ1) is 20.8. The van der Waals surface area contributed by atoms with Crippen LogP contribution in [0.15, 0.2) is 34.1 Å². The third kappa shape index (κ3) is 4.08. The molecule has 1 fully saturated rings. The lowest BCUT2D eigenvalue weighted by Crippen LogP contribution is -2.38. The van der Waals surface area contributed by atoms with Crippen LogP contribution in [0.4, 0.5) is 5.69 Å². The molecule has 0 spiro atoms. The summed E-state index contributed by atoms with van der Waals surface area (Å²) >= 11 is 0. The van der Waals surface area contributed by atoms with E-state index in [0.29, 0.717) is 17.1 Å². The van der Waals surface area contributed by atoms with Crippen molar-refractivity contribution in [3.8, 4) is 0 Å². The Morgan fingerprint density at radius 2 is 1.64 bits per heavy atom. The van der Waals surface area contributed by atoms with Gasteiger partial charge in [0, 0.05) is 18.8 Å². The highest BCUT2D eigenvalue weighted by molar-refractivity contribution is 7.92. The molecule has 1 saturated carbocycles. The maximum atomic E-state index is 12.9. The summed E-state index contributed by atoms with van der Waals surface area (Å²) in [6.45, 7) is 3.24. The van der Waals surface area contributed by atoms with Crippen molar-refractivity contribution in [2.75, 3.05) is 11.8 Å². The Kier molecular flexibility index (Phi) is 5.83. The lowest BCUT2D eigenvalue weighted by molar-refractivity contribution is 0.286. The van der Waals surface area contributed by atoms with E-state index in [2.05, 4.69) is 14.9 Å². The van der Waals surface area contributed by atoms with Gasteiger partial charge >= 0.3 is 0 Å². The SMILES string of the molecule is Cc1n[nH]c(C)c1S(=O)(=O)Nc1ccc(S(=O)(=O)N(C)C2CCCCC2)cc1. The summed E-state index contributed by atoms with van der Waals surface area (Å²) in [6.07, 6.45) is 4.97. The second-order valence-electron chi connectivity index (χ2n) is 7.21. The van der Waals surface area contributed by atoms with Crippen LogP contribution in [-0.2, 0) is 20.0 Å². The van der Waals surface area contributed by atoms with Crippen molar-refractivity contribution in [2.45, 2.75) is 61.8 Å². The summed E-state index contributed by atoms with van der Waals surface area (Å²) in [5.74, 6) is 0. The van der Waals surface area contributed by atoms with Gasteiger partial charge in [-0.15, -0.1) is 0 Å². The highest BCUT2D eigenvalue weighted by Gasteiger charge is 2.29. The lowest BCUT2D eigenvalue weighted by atomic mass is 9.96. The highest BCUT2D eigenvalue weighted by atomic mass is 32.2. The number of anilines is 1. The Morgan fingerprint density at radius 3 is 2.18 bits per heavy atom. The van der Waals surface area contributed by atoms with Crippen molar-refractivity contribution in [2.24, 2.45) is 0 Å². The molecule has 1 aromatic carbocycles. The maximum Gasteiger partial charge on any atom is 0.265 e. The molecule has 8 nitrogen and oxygen atoms in total. The molecule has 1 aromatic heterocycles. The summed E-state index contributed by atoms with van der Waals surface area (Å²) in [4.78, 5) is 0.250. The molecule has 0 amide bonds. The Balaban J connectivity index is 1.79. The number of H-pyrrole nitrogens is 1. The van der Waals surface area contributed by atoms with Crippen LogP contribution in [0.1, 0.15) is 43.5 Å². The molecule has 1 aliphatic carbocycles. The van der Waals surface area contributed by atoms with Gasteiger partial charge < -0.3 is 0 Å². The summed E-state index contributed by atoms with van der Waals surface area (Å²) in [5, 5.41) is 6.55. The molecule has 1 aliphatic rings. The van der Waals surface area contributed by atoms with E-state index in [-0.39, 0.29) is 15.8 Å². The fourth-order valence-corrected chi connectivity index (χ4v) is 6.49. The molecule has 0 saturated heterocycles. The van der Waals surface area contributed by atoms with Crippen molar-refractivity contribution in [1.29, 1.82) is 0 Å². The fourth-order valence-electron chi connectivity index (χ4n) is 3.64. The van der Waals surface area contributed by atoms with Crippen molar-refractivity contribution in [1.82, 2.24) is 14.5 Å². The summed E-state index contributed by atoms with van der Waals surface area (Å²) in [5.41, 5.74) is 1.11. The first-order valence-electron chi connectivity index (χ1n) is 9.25. The fraction of sp³-hybridized carbons (Fsp3) is 0.500. The van der Waals surface area contributed by atoms with Crippen molar-refractivity contribution >= 4 is 25.7 Å². The van der Waals surface area contributed by atoms with Crippen LogP contribution in [0.2, 0.25) is 0 Å². The van der Waals surface area contributed by atoms with E-state index in [4.69, 9.17) is 0 Å². The van der Waals surface area contributed by atoms with Crippen LogP contribution in [0.5, 0.6) is 0 Å². The highest BCUT2D eigenvalue weighted by Crippen LogP contribution is 2.27. The number of sulfonamides is 2. The number of benzene rings is 1. The summed E-state index contributed by atoms with van der Waals surface area (Å²) in [6, 6.07) is 5.81. The lowest BCUT2D eigenvalue weighted by Gasteiger charge is -2.30. The van der Waals surface area contributed by atoms with E-state index in [1.165, 1.54) is 28.6 Å². The number of aromatic amines is 1. The number of hydrogen-bond acceptors (Lipinski definition) is 5. The Labute approximate surface area is 166 Å². The van der Waals surface area contributed by atoms with Crippen molar-refractivity contribution in [3.63, 3.8) is 0 Å². The average molecular weight is 427 g/mol. The zero-order valence-corrected chi connectivity index (χ0v) is 17.9. The van der Waals surface area contributed by atoms with E-state index in [0.717, 1.165) is 32.1 Å². The molecule has 28 heavy (non-hydrogen) atoms. The number of rotatable bonds is 6. The van der Waals surface area contributed by atoms with Gasteiger partial charge in [0.25, 0.3) is 10.0 Å². The average Bonchev–Trinajstić information content (AvgIpc) is 3.01. The molecule has 3 rings (SSSR count). The third-order valence-corrected chi connectivity index (χ3v) is 8.77. The molecule has 10 heteroatoms. The molecule has 0 unspecified atom stereocenters. The van der Waals surface area contributed by atoms with Crippen LogP contribution in [0, 0.1) is 13.8 Å². The van der Waals surface area contributed by atoms with E-state index in [1.807, 2.05) is 0 Å². The minimum absolute atomic E-state index is 0.0176. The standard InChI is InChI=1S/C18H26N4O4S2/c1-13-18(14(2)20-19-13)27(23,24)21-15-9-11-17(12-10-15)28(25,26)22(3)16-7-5-4-6-8-16/h9-12,16,21H,4-8H2,1-3H3,(H,19,20). The Bertz CT molecular complexity index is 1020. The largest absolute Gasteiger partial charge is 0.281 e. The number of nitrogens with zero attached hydrogens (tertiary/aromatic N) is 2. The van der Waals surface area contributed by atoms with E-state index in [1.54, 1.807) is 20.9 Å². The van der Waals surface area contributed by atoms with E-state index >= 15 is 0 Å². The molecule has 1 heterocycles. The van der Waals surface area contributed by atoms with Gasteiger partial charge in [-0.1, -0.05) is 19.3 Å². The summed E-state index contributed by atoms with van der Waals surface area (Å²) in [7, 11) is -5.81. The van der Waals surface area contributed by atoms with Crippen molar-refractivity contribution in [3.05, 3.63) is 35.7 Å².